The molecule has 1 unspecified atom stereocenters. The molecule has 2 saturated heterocycles. The zero-order valence-electron chi connectivity index (χ0n) is 14.6. The van der Waals surface area contributed by atoms with Gasteiger partial charge in [-0.1, -0.05) is 0 Å². The van der Waals surface area contributed by atoms with Crippen LogP contribution in [0.5, 0.6) is 0 Å². The molecular formula is C19H27FN2O3. The van der Waals surface area contributed by atoms with Gasteiger partial charge in [0.2, 0.25) is 5.91 Å². The lowest BCUT2D eigenvalue weighted by molar-refractivity contribution is -0.121. The quantitative estimate of drug-likeness (QED) is 0.768. The number of nitrogens with zero attached hydrogens (tertiary/aromatic N) is 1. The van der Waals surface area contributed by atoms with Gasteiger partial charge in [0.15, 0.2) is 0 Å². The number of hydrogen-bond acceptors (Lipinski definition) is 4. The zero-order valence-corrected chi connectivity index (χ0v) is 14.6. The number of anilines is 1. The lowest BCUT2D eigenvalue weighted by Crippen LogP contribution is -2.39. The van der Waals surface area contributed by atoms with Crippen molar-refractivity contribution >= 4 is 11.6 Å². The van der Waals surface area contributed by atoms with Gasteiger partial charge in [0.25, 0.3) is 0 Å². The highest BCUT2D eigenvalue weighted by molar-refractivity contribution is 5.92. The maximum absolute atomic E-state index is 12.9. The number of nitrogens with one attached hydrogen (secondary N) is 1. The van der Waals surface area contributed by atoms with Crippen molar-refractivity contribution in [2.45, 2.75) is 31.8 Å². The summed E-state index contributed by atoms with van der Waals surface area (Å²) in [6.07, 6.45) is 4.22. The fourth-order valence-corrected chi connectivity index (χ4v) is 3.38. The van der Waals surface area contributed by atoms with Crippen LogP contribution in [0.2, 0.25) is 0 Å². The molecule has 1 atom stereocenters. The van der Waals surface area contributed by atoms with E-state index in [-0.39, 0.29) is 23.7 Å². The highest BCUT2D eigenvalue weighted by Gasteiger charge is 2.25. The van der Waals surface area contributed by atoms with Crippen LogP contribution < -0.4 is 5.32 Å². The third kappa shape index (κ3) is 5.76. The molecular weight excluding hydrogens is 323 g/mol. The molecule has 0 saturated carbocycles. The molecule has 1 N–H and O–H groups in total. The summed E-state index contributed by atoms with van der Waals surface area (Å²) >= 11 is 0. The molecule has 2 fully saturated rings. The van der Waals surface area contributed by atoms with Gasteiger partial charge >= 0.3 is 0 Å². The lowest BCUT2D eigenvalue weighted by Gasteiger charge is -2.31. The molecule has 0 aliphatic carbocycles. The Kier molecular flexibility index (Phi) is 6.78. The predicted octanol–water partition coefficient (Wildman–Crippen LogP) is 2.67. The summed E-state index contributed by atoms with van der Waals surface area (Å²) in [5.41, 5.74) is 0.649. The van der Waals surface area contributed by atoms with Crippen molar-refractivity contribution in [3.05, 3.63) is 30.1 Å². The second-order valence-corrected chi connectivity index (χ2v) is 6.82. The molecule has 138 valence electrons. The van der Waals surface area contributed by atoms with Crippen molar-refractivity contribution in [2.24, 2.45) is 5.92 Å². The van der Waals surface area contributed by atoms with Crippen LogP contribution in [0.3, 0.4) is 0 Å². The van der Waals surface area contributed by atoms with Crippen LogP contribution in [0.1, 0.15) is 25.7 Å². The van der Waals surface area contributed by atoms with Gasteiger partial charge in [-0.15, -0.1) is 0 Å². The molecule has 2 heterocycles. The van der Waals surface area contributed by atoms with Crippen LogP contribution >= 0.6 is 0 Å². The van der Waals surface area contributed by atoms with Crippen LogP contribution in [0.25, 0.3) is 0 Å². The minimum Gasteiger partial charge on any atom is -0.377 e. The predicted molar refractivity (Wildman–Crippen MR) is 94.0 cm³/mol. The highest BCUT2D eigenvalue weighted by Crippen LogP contribution is 2.19. The molecule has 6 heteroatoms. The van der Waals surface area contributed by atoms with E-state index in [9.17, 15) is 9.18 Å². The number of amides is 1. The summed E-state index contributed by atoms with van der Waals surface area (Å²) < 4.78 is 24.1. The van der Waals surface area contributed by atoms with E-state index in [2.05, 4.69) is 10.2 Å². The van der Waals surface area contributed by atoms with Crippen LogP contribution in [0.4, 0.5) is 10.1 Å². The second-order valence-electron chi connectivity index (χ2n) is 6.82. The van der Waals surface area contributed by atoms with Crippen molar-refractivity contribution in [1.29, 1.82) is 0 Å². The van der Waals surface area contributed by atoms with E-state index < -0.39 is 0 Å². The summed E-state index contributed by atoms with van der Waals surface area (Å²) in [7, 11) is 0. The van der Waals surface area contributed by atoms with Crippen molar-refractivity contribution in [3.63, 3.8) is 0 Å². The van der Waals surface area contributed by atoms with E-state index in [1.165, 1.54) is 12.1 Å². The maximum Gasteiger partial charge on any atom is 0.227 e. The van der Waals surface area contributed by atoms with Crippen LogP contribution in [-0.4, -0.2) is 56.4 Å². The summed E-state index contributed by atoms with van der Waals surface area (Å²) in [5.74, 6) is -0.247. The number of rotatable bonds is 7. The molecule has 5 nitrogen and oxygen atoms in total. The van der Waals surface area contributed by atoms with Crippen molar-refractivity contribution in [2.75, 3.05) is 44.8 Å². The number of ether oxygens (including phenoxy) is 2. The summed E-state index contributed by atoms with van der Waals surface area (Å²) in [6.45, 7) is 4.99. The number of likely N-dealkylation sites (tertiary alicyclic amines) is 1. The van der Waals surface area contributed by atoms with Gasteiger partial charge in [-0.25, -0.2) is 4.39 Å². The monoisotopic (exact) mass is 350 g/mol. The average Bonchev–Trinajstić information content (AvgIpc) is 3.15. The molecule has 2 aliphatic rings. The molecule has 0 spiro atoms. The number of carbonyl (C=O) groups is 1. The molecule has 3 rings (SSSR count). The Labute approximate surface area is 148 Å². The number of benzene rings is 1. The van der Waals surface area contributed by atoms with Gasteiger partial charge < -0.3 is 19.7 Å². The van der Waals surface area contributed by atoms with Crippen molar-refractivity contribution in [1.82, 2.24) is 4.90 Å². The number of carbonyl (C=O) groups excluding carboxylic acids is 1. The van der Waals surface area contributed by atoms with E-state index >= 15 is 0 Å². The summed E-state index contributed by atoms with van der Waals surface area (Å²) in [5, 5.41) is 2.87. The summed E-state index contributed by atoms with van der Waals surface area (Å²) in [4.78, 5) is 14.6. The lowest BCUT2D eigenvalue weighted by atomic mass is 9.96. The Morgan fingerprint density at radius 1 is 1.24 bits per heavy atom. The van der Waals surface area contributed by atoms with Crippen LogP contribution in [-0.2, 0) is 14.3 Å². The molecule has 1 aromatic carbocycles. The van der Waals surface area contributed by atoms with E-state index in [0.717, 1.165) is 51.9 Å². The number of halogens is 1. The average molecular weight is 350 g/mol. The molecule has 0 bridgehead atoms. The zero-order chi connectivity index (χ0) is 17.5. The molecule has 25 heavy (non-hydrogen) atoms. The summed E-state index contributed by atoms with van der Waals surface area (Å²) in [6, 6.07) is 5.89. The van der Waals surface area contributed by atoms with Gasteiger partial charge in [-0.2, -0.15) is 0 Å². The van der Waals surface area contributed by atoms with Gasteiger partial charge in [0.1, 0.15) is 5.82 Å². The Bertz CT molecular complexity index is 538. The minimum atomic E-state index is -0.298. The first-order chi connectivity index (χ1) is 12.2. The number of piperidine rings is 1. The van der Waals surface area contributed by atoms with Crippen LogP contribution in [0.15, 0.2) is 24.3 Å². The first-order valence-electron chi connectivity index (χ1n) is 9.19. The minimum absolute atomic E-state index is 0.0223. The highest BCUT2D eigenvalue weighted by atomic mass is 19.1. The van der Waals surface area contributed by atoms with Gasteiger partial charge in [0, 0.05) is 24.8 Å². The molecule has 1 aromatic rings. The van der Waals surface area contributed by atoms with E-state index in [1.54, 1.807) is 12.1 Å². The third-order valence-corrected chi connectivity index (χ3v) is 4.95. The third-order valence-electron chi connectivity index (χ3n) is 4.95. The Balaban J connectivity index is 1.31. The van der Waals surface area contributed by atoms with Gasteiger partial charge in [0.05, 0.1) is 19.3 Å². The van der Waals surface area contributed by atoms with E-state index in [4.69, 9.17) is 9.47 Å². The molecule has 0 radical (unpaired) electrons. The molecule has 2 aliphatic heterocycles. The second kappa shape index (κ2) is 9.27. The topological polar surface area (TPSA) is 50.8 Å². The van der Waals surface area contributed by atoms with Crippen LogP contribution in [0, 0.1) is 11.7 Å². The van der Waals surface area contributed by atoms with E-state index in [0.29, 0.717) is 18.9 Å². The van der Waals surface area contributed by atoms with E-state index in [1.807, 2.05) is 0 Å². The normalized spacial score (nSPS) is 22.2. The SMILES string of the molecule is O=C(Nc1ccc(F)cc1)C1CCN(CCOCC2CCCO2)CC1. The Morgan fingerprint density at radius 3 is 2.68 bits per heavy atom. The Morgan fingerprint density at radius 2 is 2.00 bits per heavy atom. The first kappa shape index (κ1) is 18.3. The largest absolute Gasteiger partial charge is 0.377 e. The fraction of sp³-hybridized carbons (Fsp3) is 0.632. The fourth-order valence-electron chi connectivity index (χ4n) is 3.38. The number of hydrogen-bond donors (Lipinski definition) is 1. The molecule has 0 aromatic heterocycles. The standard InChI is InChI=1S/C19H27FN2O3/c20-16-3-5-17(6-4-16)21-19(23)15-7-9-22(10-8-15)11-13-24-14-18-2-1-12-25-18/h3-6,15,18H,1-2,7-14H2,(H,21,23). The maximum atomic E-state index is 12.9. The smallest absolute Gasteiger partial charge is 0.227 e. The van der Waals surface area contributed by atoms with Gasteiger partial charge in [-0.3, -0.25) is 4.79 Å². The first-order valence-corrected chi connectivity index (χ1v) is 9.19. The van der Waals surface area contributed by atoms with Crippen molar-refractivity contribution < 1.29 is 18.7 Å². The van der Waals surface area contributed by atoms with Gasteiger partial charge in [-0.05, 0) is 63.0 Å². The van der Waals surface area contributed by atoms with Crippen molar-refractivity contribution in [3.8, 4) is 0 Å². The Hall–Kier alpha value is -1.50. The molecule has 1 amide bonds.